The smallest absolute Gasteiger partial charge is 0.165 e. The number of rotatable bonds is 5. The number of methoxy groups -OCH3 is 1. The maximum atomic E-state index is 14.1. The molecule has 1 aliphatic rings. The summed E-state index contributed by atoms with van der Waals surface area (Å²) in [5.74, 6) is -0.129. The van der Waals surface area contributed by atoms with E-state index in [-0.39, 0.29) is 11.6 Å². The molecule has 1 unspecified atom stereocenters. The minimum Gasteiger partial charge on any atom is -0.494 e. The van der Waals surface area contributed by atoms with E-state index in [1.807, 2.05) is 23.8 Å². The van der Waals surface area contributed by atoms with E-state index >= 15 is 0 Å². The Kier molecular flexibility index (Phi) is 4.50. The molecule has 3 heterocycles. The summed E-state index contributed by atoms with van der Waals surface area (Å²) in [6.45, 7) is 1.80. The van der Waals surface area contributed by atoms with E-state index in [0.717, 1.165) is 47.8 Å². The highest BCUT2D eigenvalue weighted by molar-refractivity contribution is 7.09. The van der Waals surface area contributed by atoms with Crippen molar-refractivity contribution in [3.63, 3.8) is 0 Å². The van der Waals surface area contributed by atoms with Crippen LogP contribution in [-0.2, 0) is 6.54 Å². The highest BCUT2D eigenvalue weighted by atomic mass is 32.1. The molecule has 1 atom stereocenters. The molecule has 0 spiro atoms. The second kappa shape index (κ2) is 6.93. The van der Waals surface area contributed by atoms with E-state index < -0.39 is 0 Å². The van der Waals surface area contributed by atoms with Gasteiger partial charge in [-0.05, 0) is 37.6 Å². The lowest BCUT2D eigenvalue weighted by atomic mass is 10.1. The Morgan fingerprint density at radius 3 is 3.12 bits per heavy atom. The molecular formula is C18H19FN4OS. The van der Waals surface area contributed by atoms with Gasteiger partial charge in [0.05, 0.1) is 25.0 Å². The SMILES string of the molecule is COc1ccc(-c2[nH]ncc2CN2CCCC2c2nccs2)cc1F. The molecule has 0 saturated carbocycles. The van der Waals surface area contributed by atoms with Crippen LogP contribution in [0, 0.1) is 5.82 Å². The second-order valence-corrected chi connectivity index (χ2v) is 7.04. The molecular weight excluding hydrogens is 339 g/mol. The number of halogens is 1. The van der Waals surface area contributed by atoms with E-state index in [4.69, 9.17) is 4.74 Å². The van der Waals surface area contributed by atoms with Gasteiger partial charge >= 0.3 is 0 Å². The molecule has 0 aliphatic carbocycles. The highest BCUT2D eigenvalue weighted by Gasteiger charge is 2.28. The first-order valence-corrected chi connectivity index (χ1v) is 9.14. The molecule has 4 rings (SSSR count). The van der Waals surface area contributed by atoms with Crippen LogP contribution in [0.15, 0.2) is 36.0 Å². The first-order chi connectivity index (χ1) is 12.3. The number of hydrogen-bond acceptors (Lipinski definition) is 5. The zero-order chi connectivity index (χ0) is 17.2. The number of likely N-dealkylation sites (tertiary alicyclic amines) is 1. The number of nitrogens with one attached hydrogen (secondary N) is 1. The third-order valence-corrected chi connectivity index (χ3v) is 5.51. The molecule has 0 radical (unpaired) electrons. The van der Waals surface area contributed by atoms with Crippen LogP contribution in [0.4, 0.5) is 4.39 Å². The molecule has 7 heteroatoms. The standard InChI is InChI=1S/C18H19FN4OS/c1-24-16-5-4-12(9-14(16)19)17-13(10-21-22-17)11-23-7-2-3-15(23)18-20-6-8-25-18/h4-6,8-10,15H,2-3,7,11H2,1H3,(H,21,22). The number of benzene rings is 1. The minimum absolute atomic E-state index is 0.244. The maximum Gasteiger partial charge on any atom is 0.165 e. The number of aromatic amines is 1. The fourth-order valence-corrected chi connectivity index (χ4v) is 4.22. The summed E-state index contributed by atoms with van der Waals surface area (Å²) >= 11 is 1.70. The quantitative estimate of drug-likeness (QED) is 0.748. The number of ether oxygens (including phenoxy) is 1. The van der Waals surface area contributed by atoms with Crippen molar-refractivity contribution in [2.24, 2.45) is 0 Å². The Balaban J connectivity index is 1.59. The van der Waals surface area contributed by atoms with E-state index in [1.54, 1.807) is 17.4 Å². The zero-order valence-corrected chi connectivity index (χ0v) is 14.7. The van der Waals surface area contributed by atoms with Crippen molar-refractivity contribution < 1.29 is 9.13 Å². The molecule has 1 fully saturated rings. The van der Waals surface area contributed by atoms with Crippen molar-refractivity contribution in [3.05, 3.63) is 52.4 Å². The molecule has 1 saturated heterocycles. The summed E-state index contributed by atoms with van der Waals surface area (Å²) in [4.78, 5) is 6.90. The van der Waals surface area contributed by atoms with Gasteiger partial charge in [-0.25, -0.2) is 9.37 Å². The Hall–Kier alpha value is -2.25. The summed E-state index contributed by atoms with van der Waals surface area (Å²) in [6, 6.07) is 5.33. The lowest BCUT2D eigenvalue weighted by molar-refractivity contribution is 0.248. The summed E-state index contributed by atoms with van der Waals surface area (Å²) < 4.78 is 19.0. The van der Waals surface area contributed by atoms with Crippen molar-refractivity contribution in [1.29, 1.82) is 0 Å². The number of nitrogens with zero attached hydrogens (tertiary/aromatic N) is 3. The van der Waals surface area contributed by atoms with Crippen LogP contribution in [0.3, 0.4) is 0 Å². The molecule has 5 nitrogen and oxygen atoms in total. The summed E-state index contributed by atoms with van der Waals surface area (Å²) in [5.41, 5.74) is 2.69. The third kappa shape index (κ3) is 3.17. The van der Waals surface area contributed by atoms with E-state index in [9.17, 15) is 4.39 Å². The first-order valence-electron chi connectivity index (χ1n) is 8.26. The Morgan fingerprint density at radius 1 is 1.44 bits per heavy atom. The topological polar surface area (TPSA) is 54.0 Å². The van der Waals surface area contributed by atoms with Crippen LogP contribution in [0.5, 0.6) is 5.75 Å². The van der Waals surface area contributed by atoms with Gasteiger partial charge in [0, 0.05) is 29.2 Å². The van der Waals surface area contributed by atoms with Crippen LogP contribution >= 0.6 is 11.3 Å². The number of hydrogen-bond donors (Lipinski definition) is 1. The lowest BCUT2D eigenvalue weighted by Gasteiger charge is -2.22. The monoisotopic (exact) mass is 358 g/mol. The molecule has 2 aromatic heterocycles. The molecule has 1 aromatic carbocycles. The van der Waals surface area contributed by atoms with Crippen molar-refractivity contribution in [2.45, 2.75) is 25.4 Å². The summed E-state index contributed by atoms with van der Waals surface area (Å²) in [5, 5.41) is 10.4. The third-order valence-electron chi connectivity index (χ3n) is 4.63. The van der Waals surface area contributed by atoms with Crippen molar-refractivity contribution in [2.75, 3.05) is 13.7 Å². The Labute approximate surface area is 149 Å². The van der Waals surface area contributed by atoms with Crippen LogP contribution in [0.2, 0.25) is 0 Å². The van der Waals surface area contributed by atoms with Gasteiger partial charge in [-0.1, -0.05) is 0 Å². The van der Waals surface area contributed by atoms with Gasteiger partial charge in [-0.3, -0.25) is 10.00 Å². The van der Waals surface area contributed by atoms with Gasteiger partial charge < -0.3 is 4.74 Å². The van der Waals surface area contributed by atoms with Gasteiger partial charge in [0.25, 0.3) is 0 Å². The average Bonchev–Trinajstić information content (AvgIpc) is 3.36. The van der Waals surface area contributed by atoms with E-state index in [1.165, 1.54) is 13.2 Å². The fourth-order valence-electron chi connectivity index (χ4n) is 3.42. The first kappa shape index (κ1) is 16.2. The van der Waals surface area contributed by atoms with Gasteiger partial charge in [-0.2, -0.15) is 5.10 Å². The average molecular weight is 358 g/mol. The highest BCUT2D eigenvalue weighted by Crippen LogP contribution is 2.35. The van der Waals surface area contributed by atoms with Crippen LogP contribution in [0.25, 0.3) is 11.3 Å². The fraction of sp³-hybridized carbons (Fsp3) is 0.333. The number of thiazole rings is 1. The van der Waals surface area contributed by atoms with Crippen LogP contribution < -0.4 is 4.74 Å². The zero-order valence-electron chi connectivity index (χ0n) is 13.9. The molecule has 1 aliphatic heterocycles. The normalized spacial score (nSPS) is 17.9. The van der Waals surface area contributed by atoms with Gasteiger partial charge in [0.2, 0.25) is 0 Å². The molecule has 3 aromatic rings. The molecule has 0 bridgehead atoms. The molecule has 1 N–H and O–H groups in total. The molecule has 25 heavy (non-hydrogen) atoms. The summed E-state index contributed by atoms with van der Waals surface area (Å²) in [6.07, 6.45) is 5.97. The number of H-pyrrole nitrogens is 1. The van der Waals surface area contributed by atoms with Crippen molar-refractivity contribution in [3.8, 4) is 17.0 Å². The van der Waals surface area contributed by atoms with Crippen molar-refractivity contribution in [1.82, 2.24) is 20.1 Å². The lowest BCUT2D eigenvalue weighted by Crippen LogP contribution is -2.22. The van der Waals surface area contributed by atoms with E-state index in [2.05, 4.69) is 20.1 Å². The van der Waals surface area contributed by atoms with Gasteiger partial charge in [-0.15, -0.1) is 11.3 Å². The Bertz CT molecular complexity index is 849. The largest absolute Gasteiger partial charge is 0.494 e. The van der Waals surface area contributed by atoms with Crippen LogP contribution in [-0.4, -0.2) is 33.7 Å². The second-order valence-electron chi connectivity index (χ2n) is 6.12. The predicted molar refractivity (Wildman–Crippen MR) is 95.0 cm³/mol. The molecule has 0 amide bonds. The molecule has 130 valence electrons. The van der Waals surface area contributed by atoms with Crippen molar-refractivity contribution >= 4 is 11.3 Å². The summed E-state index contributed by atoms with van der Waals surface area (Å²) in [7, 11) is 1.46. The minimum atomic E-state index is -0.373. The van der Waals surface area contributed by atoms with Gasteiger partial charge in [0.1, 0.15) is 5.01 Å². The predicted octanol–water partition coefficient (Wildman–Crippen LogP) is 4.02. The Morgan fingerprint density at radius 2 is 2.36 bits per heavy atom. The van der Waals surface area contributed by atoms with E-state index in [0.29, 0.717) is 6.04 Å². The number of aromatic nitrogens is 3. The van der Waals surface area contributed by atoms with Gasteiger partial charge in [0.15, 0.2) is 11.6 Å². The van der Waals surface area contributed by atoms with Crippen LogP contribution in [0.1, 0.15) is 29.5 Å². The maximum absolute atomic E-state index is 14.1.